The van der Waals surface area contributed by atoms with Crippen molar-refractivity contribution in [1.29, 1.82) is 0 Å². The minimum Gasteiger partial charge on any atom is -0.494 e. The second-order valence-corrected chi connectivity index (χ2v) is 5.33. The van der Waals surface area contributed by atoms with Crippen molar-refractivity contribution in [2.75, 3.05) is 33.0 Å². The van der Waals surface area contributed by atoms with Crippen molar-refractivity contribution in [1.82, 2.24) is 14.5 Å². The van der Waals surface area contributed by atoms with Gasteiger partial charge in [0.05, 0.1) is 12.6 Å². The van der Waals surface area contributed by atoms with Gasteiger partial charge >= 0.3 is 0 Å². The van der Waals surface area contributed by atoms with Gasteiger partial charge in [0.15, 0.2) is 0 Å². The van der Waals surface area contributed by atoms with Crippen LogP contribution >= 0.6 is 0 Å². The van der Waals surface area contributed by atoms with Crippen LogP contribution in [0.3, 0.4) is 0 Å². The molecule has 0 spiro atoms. The van der Waals surface area contributed by atoms with E-state index in [4.69, 9.17) is 10.5 Å². The predicted octanol–water partition coefficient (Wildman–Crippen LogP) is 1.58. The second-order valence-electron chi connectivity index (χ2n) is 5.33. The first-order chi connectivity index (χ1) is 9.19. The van der Waals surface area contributed by atoms with Gasteiger partial charge in [-0.1, -0.05) is 6.07 Å². The Labute approximate surface area is 113 Å². The van der Waals surface area contributed by atoms with Crippen LogP contribution in [-0.2, 0) is 6.54 Å². The lowest BCUT2D eigenvalue weighted by Gasteiger charge is -2.13. The van der Waals surface area contributed by atoms with Gasteiger partial charge in [0.1, 0.15) is 11.3 Å². The van der Waals surface area contributed by atoms with Gasteiger partial charge < -0.3 is 19.9 Å². The molecule has 1 unspecified atom stereocenters. The fourth-order valence-corrected chi connectivity index (χ4v) is 2.93. The Balaban J connectivity index is 1.97. The van der Waals surface area contributed by atoms with Crippen LogP contribution in [0.2, 0.25) is 0 Å². The summed E-state index contributed by atoms with van der Waals surface area (Å²) < 4.78 is 7.46. The molecule has 3 rings (SSSR count). The Kier molecular flexibility index (Phi) is 3.06. The van der Waals surface area contributed by atoms with Crippen LogP contribution in [0.5, 0.6) is 5.75 Å². The van der Waals surface area contributed by atoms with Gasteiger partial charge in [0, 0.05) is 13.1 Å². The van der Waals surface area contributed by atoms with E-state index in [1.165, 1.54) is 13.0 Å². The number of para-hydroxylation sites is 1. The summed E-state index contributed by atoms with van der Waals surface area (Å²) in [6.45, 7) is 3.23. The number of hydrogen-bond acceptors (Lipinski definition) is 4. The number of benzene rings is 1. The molecule has 5 nitrogen and oxygen atoms in total. The summed E-state index contributed by atoms with van der Waals surface area (Å²) in [6.07, 6.45) is 1.22. The molecule has 1 saturated heterocycles. The monoisotopic (exact) mass is 260 g/mol. The van der Waals surface area contributed by atoms with Crippen LogP contribution in [0.25, 0.3) is 11.0 Å². The van der Waals surface area contributed by atoms with Crippen molar-refractivity contribution >= 4 is 17.0 Å². The maximum Gasteiger partial charge on any atom is 0.201 e. The topological polar surface area (TPSA) is 56.3 Å². The highest BCUT2D eigenvalue weighted by molar-refractivity contribution is 5.84. The molecular weight excluding hydrogens is 240 g/mol. The number of nitrogens with two attached hydrogens (primary N) is 1. The van der Waals surface area contributed by atoms with Crippen LogP contribution in [-0.4, -0.2) is 41.7 Å². The minimum atomic E-state index is 0.578. The molecule has 1 aliphatic heterocycles. The average Bonchev–Trinajstić information content (AvgIpc) is 2.94. The van der Waals surface area contributed by atoms with Gasteiger partial charge in [-0.3, -0.25) is 0 Å². The number of imidazole rings is 1. The highest BCUT2D eigenvalue weighted by atomic mass is 16.5. The fraction of sp³-hybridized carbons (Fsp3) is 0.500. The summed E-state index contributed by atoms with van der Waals surface area (Å²) in [5.41, 5.74) is 7.99. The van der Waals surface area contributed by atoms with Crippen molar-refractivity contribution in [2.45, 2.75) is 13.0 Å². The number of aromatic nitrogens is 2. The molecule has 0 amide bonds. The zero-order valence-corrected chi connectivity index (χ0v) is 11.5. The van der Waals surface area contributed by atoms with Crippen molar-refractivity contribution in [3.63, 3.8) is 0 Å². The van der Waals surface area contributed by atoms with E-state index < -0.39 is 0 Å². The summed E-state index contributed by atoms with van der Waals surface area (Å²) in [6, 6.07) is 5.96. The number of rotatable bonds is 3. The first kappa shape index (κ1) is 12.3. The van der Waals surface area contributed by atoms with E-state index in [-0.39, 0.29) is 0 Å². The van der Waals surface area contributed by atoms with E-state index in [0.717, 1.165) is 29.9 Å². The third-order valence-electron chi connectivity index (χ3n) is 3.92. The van der Waals surface area contributed by atoms with Gasteiger partial charge in [-0.2, -0.15) is 0 Å². The molecule has 0 bridgehead atoms. The van der Waals surface area contributed by atoms with Crippen LogP contribution in [0.1, 0.15) is 6.42 Å². The van der Waals surface area contributed by atoms with E-state index in [9.17, 15) is 0 Å². The molecule has 2 aromatic rings. The Morgan fingerprint density at radius 2 is 2.32 bits per heavy atom. The summed E-state index contributed by atoms with van der Waals surface area (Å²) >= 11 is 0. The lowest BCUT2D eigenvalue weighted by molar-refractivity contribution is 0.380. The summed E-state index contributed by atoms with van der Waals surface area (Å²) in [5, 5.41) is 0. The molecule has 0 radical (unpaired) electrons. The maximum atomic E-state index is 6.07. The van der Waals surface area contributed by atoms with E-state index in [1.807, 2.05) is 12.1 Å². The molecular formula is C14H20N4O. The second kappa shape index (κ2) is 4.74. The van der Waals surface area contributed by atoms with Gasteiger partial charge in [0.25, 0.3) is 0 Å². The molecule has 1 fully saturated rings. The number of nitrogens with zero attached hydrogens (tertiary/aromatic N) is 3. The maximum absolute atomic E-state index is 6.07. The number of methoxy groups -OCH3 is 1. The number of anilines is 1. The van der Waals surface area contributed by atoms with Gasteiger partial charge in [0.2, 0.25) is 5.95 Å². The Hall–Kier alpha value is -1.75. The average molecular weight is 260 g/mol. The van der Waals surface area contributed by atoms with E-state index in [1.54, 1.807) is 7.11 Å². The summed E-state index contributed by atoms with van der Waals surface area (Å²) in [5.74, 6) is 2.01. The first-order valence-electron chi connectivity index (χ1n) is 6.66. The van der Waals surface area contributed by atoms with Gasteiger partial charge in [-0.15, -0.1) is 0 Å². The van der Waals surface area contributed by atoms with E-state index in [0.29, 0.717) is 11.9 Å². The summed E-state index contributed by atoms with van der Waals surface area (Å²) in [4.78, 5) is 6.81. The zero-order chi connectivity index (χ0) is 13.4. The smallest absolute Gasteiger partial charge is 0.201 e. The van der Waals surface area contributed by atoms with Crippen LogP contribution in [0.15, 0.2) is 18.2 Å². The Morgan fingerprint density at radius 1 is 1.47 bits per heavy atom. The minimum absolute atomic E-state index is 0.578. The van der Waals surface area contributed by atoms with Crippen molar-refractivity contribution in [3.8, 4) is 5.75 Å². The Morgan fingerprint density at radius 3 is 3.00 bits per heavy atom. The highest BCUT2D eigenvalue weighted by Crippen LogP contribution is 2.28. The summed E-state index contributed by atoms with van der Waals surface area (Å²) in [7, 11) is 3.83. The van der Waals surface area contributed by atoms with Crippen LogP contribution in [0, 0.1) is 5.92 Å². The molecule has 2 N–H and O–H groups in total. The van der Waals surface area contributed by atoms with E-state index >= 15 is 0 Å². The number of fused-ring (bicyclic) bond motifs is 1. The third kappa shape index (κ3) is 2.14. The molecule has 19 heavy (non-hydrogen) atoms. The first-order valence-corrected chi connectivity index (χ1v) is 6.66. The quantitative estimate of drug-likeness (QED) is 0.910. The highest BCUT2D eigenvalue weighted by Gasteiger charge is 2.22. The fourth-order valence-electron chi connectivity index (χ4n) is 2.93. The van der Waals surface area contributed by atoms with Crippen molar-refractivity contribution in [2.24, 2.45) is 5.92 Å². The van der Waals surface area contributed by atoms with Crippen molar-refractivity contribution in [3.05, 3.63) is 18.2 Å². The molecule has 1 atom stereocenters. The third-order valence-corrected chi connectivity index (χ3v) is 3.92. The molecule has 1 aliphatic rings. The SMILES string of the molecule is COc1cccc2c1nc(N)n2CC1CCN(C)C1. The van der Waals surface area contributed by atoms with E-state index in [2.05, 4.69) is 27.6 Å². The molecule has 5 heteroatoms. The molecule has 1 aromatic heterocycles. The molecule has 1 aromatic carbocycles. The number of ether oxygens (including phenoxy) is 1. The molecule has 102 valence electrons. The molecule has 2 heterocycles. The standard InChI is InChI=1S/C14H20N4O/c1-17-7-6-10(8-17)9-18-11-4-3-5-12(19-2)13(11)16-14(18)15/h3-5,10H,6-9H2,1-2H3,(H2,15,16). The van der Waals surface area contributed by atoms with Crippen LogP contribution < -0.4 is 10.5 Å². The number of likely N-dealkylation sites (tertiary alicyclic amines) is 1. The number of nitrogen functional groups attached to an aromatic ring is 1. The normalized spacial score (nSPS) is 20.2. The lowest BCUT2D eigenvalue weighted by atomic mass is 10.1. The van der Waals surface area contributed by atoms with Crippen LogP contribution in [0.4, 0.5) is 5.95 Å². The molecule has 0 saturated carbocycles. The van der Waals surface area contributed by atoms with Crippen molar-refractivity contribution < 1.29 is 4.74 Å². The Bertz CT molecular complexity index is 592. The lowest BCUT2D eigenvalue weighted by Crippen LogP contribution is -2.17. The van der Waals surface area contributed by atoms with Gasteiger partial charge in [-0.25, -0.2) is 4.98 Å². The molecule has 0 aliphatic carbocycles. The zero-order valence-electron chi connectivity index (χ0n) is 11.5. The largest absolute Gasteiger partial charge is 0.494 e. The predicted molar refractivity (Wildman–Crippen MR) is 76.3 cm³/mol. The van der Waals surface area contributed by atoms with Gasteiger partial charge in [-0.05, 0) is 38.1 Å². The number of hydrogen-bond donors (Lipinski definition) is 1.